The number of thioether (sulfide) groups is 1. The average molecular weight is 467 g/mol. The molecule has 0 radical (unpaired) electrons. The summed E-state index contributed by atoms with van der Waals surface area (Å²) < 4.78 is 0. The Balaban J connectivity index is 2.13. The maximum Gasteiger partial charge on any atom is 0.242 e. The molecule has 2 amide bonds. The van der Waals surface area contributed by atoms with Crippen molar-refractivity contribution in [2.24, 2.45) is 0 Å². The van der Waals surface area contributed by atoms with Gasteiger partial charge < -0.3 is 10.2 Å². The summed E-state index contributed by atoms with van der Waals surface area (Å²) in [6, 6.07) is 12.7. The van der Waals surface area contributed by atoms with E-state index in [2.05, 4.69) is 12.2 Å². The van der Waals surface area contributed by atoms with Crippen molar-refractivity contribution in [1.29, 1.82) is 0 Å². The first-order valence-electron chi connectivity index (χ1n) is 10.0. The number of carbonyl (C=O) groups is 2. The fourth-order valence-electron chi connectivity index (χ4n) is 2.82. The molecule has 0 unspecified atom stereocenters. The molecule has 7 heteroatoms. The molecule has 0 spiro atoms. The third-order valence-corrected chi connectivity index (χ3v) is 6.45. The van der Waals surface area contributed by atoms with Gasteiger partial charge in [-0.25, -0.2) is 0 Å². The molecule has 2 rings (SSSR count). The summed E-state index contributed by atoms with van der Waals surface area (Å²) in [7, 11) is 0. The first kappa shape index (κ1) is 24.6. The van der Waals surface area contributed by atoms with Gasteiger partial charge >= 0.3 is 0 Å². The SMILES string of the molecule is CCCCNC(=O)[C@@H](C)N(Cc1ccc(Cl)c(Cl)c1)C(=O)CSc1ccc(C)cc1. The van der Waals surface area contributed by atoms with Gasteiger partial charge in [0, 0.05) is 18.0 Å². The first-order valence-corrected chi connectivity index (χ1v) is 11.8. The smallest absolute Gasteiger partial charge is 0.242 e. The molecule has 0 aliphatic rings. The number of carbonyl (C=O) groups excluding carboxylic acids is 2. The molecule has 0 saturated heterocycles. The highest BCUT2D eigenvalue weighted by Gasteiger charge is 2.26. The number of hydrogen-bond donors (Lipinski definition) is 1. The molecule has 4 nitrogen and oxygen atoms in total. The van der Waals surface area contributed by atoms with Crippen molar-refractivity contribution in [3.8, 4) is 0 Å². The Bertz CT molecular complexity index is 859. The zero-order valence-electron chi connectivity index (χ0n) is 17.6. The molecule has 0 bridgehead atoms. The van der Waals surface area contributed by atoms with Crippen LogP contribution in [0.3, 0.4) is 0 Å². The van der Waals surface area contributed by atoms with E-state index >= 15 is 0 Å². The number of hydrogen-bond acceptors (Lipinski definition) is 3. The second-order valence-electron chi connectivity index (χ2n) is 7.19. The lowest BCUT2D eigenvalue weighted by Crippen LogP contribution is -2.48. The van der Waals surface area contributed by atoms with Crippen molar-refractivity contribution in [1.82, 2.24) is 10.2 Å². The first-order chi connectivity index (χ1) is 14.3. The van der Waals surface area contributed by atoms with Gasteiger partial charge in [0.2, 0.25) is 11.8 Å². The summed E-state index contributed by atoms with van der Waals surface area (Å²) in [5.41, 5.74) is 2.00. The maximum atomic E-state index is 13.1. The third-order valence-electron chi connectivity index (χ3n) is 4.72. The van der Waals surface area contributed by atoms with Crippen LogP contribution in [-0.4, -0.2) is 35.1 Å². The monoisotopic (exact) mass is 466 g/mol. The Kier molecular flexibility index (Phi) is 10.0. The van der Waals surface area contributed by atoms with Crippen LogP contribution >= 0.6 is 35.0 Å². The minimum atomic E-state index is -0.595. The van der Waals surface area contributed by atoms with Crippen LogP contribution < -0.4 is 5.32 Å². The summed E-state index contributed by atoms with van der Waals surface area (Å²) in [5.74, 6) is -0.0151. The number of benzene rings is 2. The van der Waals surface area contributed by atoms with Crippen LogP contribution in [0, 0.1) is 6.92 Å². The number of nitrogens with one attached hydrogen (secondary N) is 1. The highest BCUT2D eigenvalue weighted by Crippen LogP contribution is 2.25. The van der Waals surface area contributed by atoms with E-state index in [0.29, 0.717) is 16.6 Å². The van der Waals surface area contributed by atoms with E-state index in [9.17, 15) is 9.59 Å². The molecule has 2 aromatic carbocycles. The lowest BCUT2D eigenvalue weighted by atomic mass is 10.1. The average Bonchev–Trinajstić information content (AvgIpc) is 2.73. The van der Waals surface area contributed by atoms with Gasteiger partial charge in [0.1, 0.15) is 6.04 Å². The van der Waals surface area contributed by atoms with Crippen molar-refractivity contribution in [2.75, 3.05) is 12.3 Å². The van der Waals surface area contributed by atoms with E-state index < -0.39 is 6.04 Å². The predicted octanol–water partition coefficient (Wildman–Crippen LogP) is 5.73. The maximum absolute atomic E-state index is 13.1. The van der Waals surface area contributed by atoms with Crippen LogP contribution in [-0.2, 0) is 16.1 Å². The molecule has 0 aromatic heterocycles. The quantitative estimate of drug-likeness (QED) is 0.359. The van der Waals surface area contributed by atoms with E-state index in [1.807, 2.05) is 37.3 Å². The molecule has 0 fully saturated rings. The van der Waals surface area contributed by atoms with E-state index in [1.54, 1.807) is 24.0 Å². The minimum Gasteiger partial charge on any atom is -0.354 e. The van der Waals surface area contributed by atoms with Gasteiger partial charge in [-0.3, -0.25) is 9.59 Å². The highest BCUT2D eigenvalue weighted by molar-refractivity contribution is 8.00. The highest BCUT2D eigenvalue weighted by atomic mass is 35.5. The fourth-order valence-corrected chi connectivity index (χ4v) is 3.92. The van der Waals surface area contributed by atoms with Crippen LogP contribution in [0.25, 0.3) is 0 Å². The lowest BCUT2D eigenvalue weighted by molar-refractivity contribution is -0.138. The predicted molar refractivity (Wildman–Crippen MR) is 126 cm³/mol. The van der Waals surface area contributed by atoms with Gasteiger partial charge in [0.15, 0.2) is 0 Å². The summed E-state index contributed by atoms with van der Waals surface area (Å²) >= 11 is 13.6. The number of rotatable bonds is 10. The Morgan fingerprint density at radius 2 is 1.80 bits per heavy atom. The molecule has 1 atom stereocenters. The number of nitrogens with zero attached hydrogens (tertiary/aromatic N) is 1. The molecule has 1 N–H and O–H groups in total. The molecule has 0 heterocycles. The van der Waals surface area contributed by atoms with E-state index in [1.165, 1.54) is 17.3 Å². The molecular formula is C23H28Cl2N2O2S. The number of aryl methyl sites for hydroxylation is 1. The second kappa shape index (κ2) is 12.2. The summed E-state index contributed by atoms with van der Waals surface area (Å²) in [6.07, 6.45) is 1.90. The molecule has 2 aromatic rings. The molecule has 30 heavy (non-hydrogen) atoms. The number of halogens is 2. The zero-order valence-corrected chi connectivity index (χ0v) is 19.9. The molecule has 162 valence electrons. The zero-order chi connectivity index (χ0) is 22.1. The normalized spacial score (nSPS) is 11.8. The summed E-state index contributed by atoms with van der Waals surface area (Å²) in [5, 5.41) is 3.80. The number of unbranched alkanes of at least 4 members (excludes halogenated alkanes) is 1. The summed E-state index contributed by atoms with van der Waals surface area (Å²) in [4.78, 5) is 28.3. The van der Waals surface area contributed by atoms with E-state index in [0.717, 1.165) is 23.3 Å². The molecule has 0 saturated carbocycles. The van der Waals surface area contributed by atoms with Crippen molar-refractivity contribution >= 4 is 46.8 Å². The summed E-state index contributed by atoms with van der Waals surface area (Å²) in [6.45, 7) is 6.74. The van der Waals surface area contributed by atoms with Crippen LogP contribution in [0.2, 0.25) is 10.0 Å². The Hall–Kier alpha value is -1.69. The van der Waals surface area contributed by atoms with Gasteiger partial charge in [-0.05, 0) is 50.1 Å². The standard InChI is InChI=1S/C23H28Cl2N2O2S/c1-4-5-12-26-23(29)17(3)27(14-18-8-11-20(24)21(25)13-18)22(28)15-30-19-9-6-16(2)7-10-19/h6-11,13,17H,4-5,12,14-15H2,1-3H3,(H,26,29)/t17-/m1/s1. The van der Waals surface area contributed by atoms with Crippen molar-refractivity contribution in [2.45, 2.75) is 51.1 Å². The molecule has 0 aliphatic heterocycles. The number of amides is 2. The van der Waals surface area contributed by atoms with Crippen molar-refractivity contribution in [3.63, 3.8) is 0 Å². The van der Waals surface area contributed by atoms with Gasteiger partial charge in [0.05, 0.1) is 15.8 Å². The van der Waals surface area contributed by atoms with Gasteiger partial charge in [-0.1, -0.05) is 60.3 Å². The molecular weight excluding hydrogens is 439 g/mol. The van der Waals surface area contributed by atoms with Crippen molar-refractivity contribution in [3.05, 3.63) is 63.6 Å². The second-order valence-corrected chi connectivity index (χ2v) is 9.06. The topological polar surface area (TPSA) is 49.4 Å². The van der Waals surface area contributed by atoms with Gasteiger partial charge in [0.25, 0.3) is 0 Å². The third kappa shape index (κ3) is 7.53. The van der Waals surface area contributed by atoms with Crippen molar-refractivity contribution < 1.29 is 9.59 Å². The van der Waals surface area contributed by atoms with E-state index in [-0.39, 0.29) is 24.1 Å². The molecule has 0 aliphatic carbocycles. The Morgan fingerprint density at radius 1 is 1.10 bits per heavy atom. The van der Waals surface area contributed by atoms with Crippen LogP contribution in [0.15, 0.2) is 47.4 Å². The van der Waals surface area contributed by atoms with Crippen LogP contribution in [0.4, 0.5) is 0 Å². The Labute approximate surface area is 193 Å². The van der Waals surface area contributed by atoms with Gasteiger partial charge in [-0.2, -0.15) is 0 Å². The van der Waals surface area contributed by atoms with Crippen LogP contribution in [0.5, 0.6) is 0 Å². The largest absolute Gasteiger partial charge is 0.354 e. The Morgan fingerprint density at radius 3 is 2.43 bits per heavy atom. The fraction of sp³-hybridized carbons (Fsp3) is 0.391. The van der Waals surface area contributed by atoms with E-state index in [4.69, 9.17) is 23.2 Å². The lowest BCUT2D eigenvalue weighted by Gasteiger charge is -2.29. The van der Waals surface area contributed by atoms with Crippen LogP contribution in [0.1, 0.15) is 37.8 Å². The minimum absolute atomic E-state index is 0.107. The van der Waals surface area contributed by atoms with Gasteiger partial charge in [-0.15, -0.1) is 11.8 Å².